The molecule has 9 heteroatoms. The molecule has 20 heavy (non-hydrogen) atoms. The van der Waals surface area contributed by atoms with Crippen LogP contribution in [0.15, 0.2) is 30.7 Å². The summed E-state index contributed by atoms with van der Waals surface area (Å²) in [7, 11) is 1.13. The van der Waals surface area contributed by atoms with Gasteiger partial charge in [0.2, 0.25) is 6.33 Å². The fourth-order valence-corrected chi connectivity index (χ4v) is 1.63. The lowest BCUT2D eigenvalue weighted by atomic mass is 10.1. The van der Waals surface area contributed by atoms with Crippen molar-refractivity contribution in [3.05, 3.63) is 46.4 Å². The molecule has 0 amide bonds. The van der Waals surface area contributed by atoms with E-state index in [4.69, 9.17) is 0 Å². The number of methoxy groups -OCH3 is 1. The van der Waals surface area contributed by atoms with Gasteiger partial charge < -0.3 is 14.9 Å². The molecule has 0 aliphatic heterocycles. The highest BCUT2D eigenvalue weighted by atomic mass is 19.4. The van der Waals surface area contributed by atoms with Crippen LogP contribution in [0.5, 0.6) is 5.75 Å². The molecule has 0 aliphatic carbocycles. The molecule has 0 N–H and O–H groups in total. The summed E-state index contributed by atoms with van der Waals surface area (Å²) in [4.78, 5) is 13.2. The van der Waals surface area contributed by atoms with Gasteiger partial charge in [-0.2, -0.15) is 13.2 Å². The van der Waals surface area contributed by atoms with Crippen LogP contribution in [0.4, 0.5) is 19.0 Å². The quantitative estimate of drug-likeness (QED) is 0.643. The third-order valence-corrected chi connectivity index (χ3v) is 2.54. The second-order valence-electron chi connectivity index (χ2n) is 3.78. The first-order chi connectivity index (χ1) is 9.32. The lowest BCUT2D eigenvalue weighted by molar-refractivity contribution is -0.389. The molecule has 0 aliphatic rings. The van der Waals surface area contributed by atoms with Crippen molar-refractivity contribution in [3.8, 4) is 11.4 Å². The van der Waals surface area contributed by atoms with E-state index in [1.807, 2.05) is 0 Å². The Kier molecular flexibility index (Phi) is 3.35. The van der Waals surface area contributed by atoms with Crippen molar-refractivity contribution in [2.75, 3.05) is 7.11 Å². The Labute approximate surface area is 110 Å². The van der Waals surface area contributed by atoms with Crippen molar-refractivity contribution >= 4 is 5.82 Å². The molecule has 1 heterocycles. The van der Waals surface area contributed by atoms with Gasteiger partial charge in [0.25, 0.3) is 0 Å². The fraction of sp³-hybridized carbons (Fsp3) is 0.182. The SMILES string of the molecule is COc1ccc(-n2cnc([N+](=O)[O-])c2)cc1C(F)(F)F. The van der Waals surface area contributed by atoms with Crippen molar-refractivity contribution in [2.45, 2.75) is 6.18 Å². The molecule has 0 unspecified atom stereocenters. The number of rotatable bonds is 3. The minimum atomic E-state index is -4.59. The van der Waals surface area contributed by atoms with Gasteiger partial charge >= 0.3 is 12.0 Å². The third kappa shape index (κ3) is 2.56. The summed E-state index contributed by atoms with van der Waals surface area (Å²) in [5.74, 6) is -0.773. The Bertz CT molecular complexity index is 652. The normalized spacial score (nSPS) is 11.4. The van der Waals surface area contributed by atoms with Crippen LogP contribution in [0, 0.1) is 10.1 Å². The van der Waals surface area contributed by atoms with Gasteiger partial charge in [-0.15, -0.1) is 0 Å². The van der Waals surface area contributed by atoms with E-state index < -0.39 is 22.5 Å². The highest BCUT2D eigenvalue weighted by molar-refractivity contribution is 5.46. The first-order valence-corrected chi connectivity index (χ1v) is 5.27. The molecular formula is C11H8F3N3O3. The van der Waals surface area contributed by atoms with Crippen molar-refractivity contribution in [1.29, 1.82) is 0 Å². The molecule has 0 bridgehead atoms. The predicted molar refractivity (Wildman–Crippen MR) is 61.8 cm³/mol. The zero-order chi connectivity index (χ0) is 14.9. The van der Waals surface area contributed by atoms with Crippen LogP contribution in [0.2, 0.25) is 0 Å². The summed E-state index contributed by atoms with van der Waals surface area (Å²) in [5.41, 5.74) is -0.868. The number of benzene rings is 1. The second kappa shape index (κ2) is 4.83. The van der Waals surface area contributed by atoms with E-state index in [9.17, 15) is 23.3 Å². The van der Waals surface area contributed by atoms with Gasteiger partial charge in [-0.05, 0) is 28.1 Å². The molecule has 0 fully saturated rings. The smallest absolute Gasteiger partial charge is 0.420 e. The first kappa shape index (κ1) is 13.8. The first-order valence-electron chi connectivity index (χ1n) is 5.27. The Morgan fingerprint density at radius 2 is 2.10 bits per heavy atom. The molecule has 1 aromatic heterocycles. The van der Waals surface area contributed by atoms with E-state index in [-0.39, 0.29) is 11.4 Å². The van der Waals surface area contributed by atoms with Crippen LogP contribution in [-0.4, -0.2) is 21.6 Å². The zero-order valence-corrected chi connectivity index (χ0v) is 10.1. The molecule has 1 aromatic carbocycles. The molecular weight excluding hydrogens is 279 g/mol. The molecule has 2 rings (SSSR count). The molecule has 2 aromatic rings. The third-order valence-electron chi connectivity index (χ3n) is 2.54. The number of alkyl halides is 3. The van der Waals surface area contributed by atoms with E-state index in [2.05, 4.69) is 9.72 Å². The van der Waals surface area contributed by atoms with Crippen molar-refractivity contribution in [3.63, 3.8) is 0 Å². The standard InChI is InChI=1S/C11H8F3N3O3/c1-20-9-3-2-7(4-8(9)11(12,13)14)16-5-10(15-6-16)17(18)19/h2-6H,1H3. The lowest BCUT2D eigenvalue weighted by Gasteiger charge is -2.13. The van der Waals surface area contributed by atoms with E-state index in [1.54, 1.807) is 0 Å². The molecule has 0 saturated heterocycles. The number of nitro groups is 1. The van der Waals surface area contributed by atoms with Gasteiger partial charge in [0.05, 0.1) is 12.7 Å². The number of nitrogens with zero attached hydrogens (tertiary/aromatic N) is 3. The number of aromatic nitrogens is 2. The molecule has 0 spiro atoms. The van der Waals surface area contributed by atoms with Crippen LogP contribution >= 0.6 is 0 Å². The largest absolute Gasteiger partial charge is 0.496 e. The maximum Gasteiger partial charge on any atom is 0.420 e. The summed E-state index contributed by atoms with van der Waals surface area (Å²) in [6, 6.07) is 3.33. The number of halogens is 3. The molecule has 106 valence electrons. The van der Waals surface area contributed by atoms with Crippen molar-refractivity contribution in [2.24, 2.45) is 0 Å². The molecule has 6 nitrogen and oxygen atoms in total. The maximum atomic E-state index is 12.9. The Hall–Kier alpha value is -2.58. The van der Waals surface area contributed by atoms with Gasteiger partial charge in [-0.1, -0.05) is 0 Å². The van der Waals surface area contributed by atoms with Gasteiger partial charge in [0, 0.05) is 5.69 Å². The number of hydrogen-bond donors (Lipinski definition) is 0. The van der Waals surface area contributed by atoms with E-state index >= 15 is 0 Å². The lowest BCUT2D eigenvalue weighted by Crippen LogP contribution is -2.08. The van der Waals surface area contributed by atoms with Crippen LogP contribution in [-0.2, 0) is 6.18 Å². The predicted octanol–water partition coefficient (Wildman–Crippen LogP) is 2.81. The topological polar surface area (TPSA) is 70.2 Å². The molecule has 0 atom stereocenters. The van der Waals surface area contributed by atoms with E-state index in [0.29, 0.717) is 0 Å². The average molecular weight is 287 g/mol. The van der Waals surface area contributed by atoms with Gasteiger partial charge in [0.1, 0.15) is 11.9 Å². The Morgan fingerprint density at radius 3 is 2.60 bits per heavy atom. The summed E-state index contributed by atoms with van der Waals surface area (Å²) in [6.45, 7) is 0. The van der Waals surface area contributed by atoms with Crippen molar-refractivity contribution < 1.29 is 22.8 Å². The van der Waals surface area contributed by atoms with Gasteiger partial charge in [-0.25, -0.2) is 0 Å². The maximum absolute atomic E-state index is 12.9. The minimum absolute atomic E-state index is 0.0960. The van der Waals surface area contributed by atoms with Crippen LogP contribution in [0.25, 0.3) is 5.69 Å². The average Bonchev–Trinajstić information content (AvgIpc) is 2.86. The van der Waals surface area contributed by atoms with Gasteiger partial charge in [0.15, 0.2) is 0 Å². The second-order valence-corrected chi connectivity index (χ2v) is 3.78. The fourth-order valence-electron chi connectivity index (χ4n) is 1.63. The van der Waals surface area contributed by atoms with Gasteiger partial charge in [-0.3, -0.25) is 4.57 Å². The summed E-state index contributed by atoms with van der Waals surface area (Å²) in [6.07, 6.45) is -2.49. The Balaban J connectivity index is 2.50. The summed E-state index contributed by atoms with van der Waals surface area (Å²) >= 11 is 0. The summed E-state index contributed by atoms with van der Waals surface area (Å²) < 4.78 is 44.3. The Morgan fingerprint density at radius 1 is 1.40 bits per heavy atom. The van der Waals surface area contributed by atoms with E-state index in [0.717, 1.165) is 36.3 Å². The van der Waals surface area contributed by atoms with Crippen molar-refractivity contribution in [1.82, 2.24) is 9.55 Å². The van der Waals surface area contributed by atoms with Crippen LogP contribution in [0.3, 0.4) is 0 Å². The number of hydrogen-bond acceptors (Lipinski definition) is 4. The number of ether oxygens (including phenoxy) is 1. The summed E-state index contributed by atoms with van der Waals surface area (Å²) in [5, 5.41) is 10.5. The monoisotopic (exact) mass is 287 g/mol. The molecule has 0 radical (unpaired) electrons. The minimum Gasteiger partial charge on any atom is -0.496 e. The van der Waals surface area contributed by atoms with Crippen LogP contribution < -0.4 is 4.74 Å². The molecule has 0 saturated carbocycles. The highest BCUT2D eigenvalue weighted by Gasteiger charge is 2.34. The highest BCUT2D eigenvalue weighted by Crippen LogP contribution is 2.37. The van der Waals surface area contributed by atoms with Crippen LogP contribution in [0.1, 0.15) is 5.56 Å². The number of imidazole rings is 1. The van der Waals surface area contributed by atoms with E-state index in [1.165, 1.54) is 6.07 Å². The zero-order valence-electron chi connectivity index (χ0n) is 10.1.